The van der Waals surface area contributed by atoms with Gasteiger partial charge in [-0.2, -0.15) is 13.2 Å². The van der Waals surface area contributed by atoms with Crippen LogP contribution in [0.5, 0.6) is 0 Å². The van der Waals surface area contributed by atoms with Crippen LogP contribution in [0.25, 0.3) is 0 Å². The number of hydrogen-bond acceptors (Lipinski definition) is 2. The van der Waals surface area contributed by atoms with E-state index in [1.165, 1.54) is 12.1 Å². The molecule has 0 fully saturated rings. The maximum atomic E-state index is 12.9. The fraction of sp³-hybridized carbons (Fsp3) is 0.333. The van der Waals surface area contributed by atoms with E-state index in [1.807, 2.05) is 19.9 Å². The van der Waals surface area contributed by atoms with Gasteiger partial charge in [-0.25, -0.2) is 0 Å². The highest BCUT2D eigenvalue weighted by molar-refractivity contribution is 9.11. The Balaban J connectivity index is 2.43. The third-order valence-corrected chi connectivity index (χ3v) is 5.32. The lowest BCUT2D eigenvalue weighted by molar-refractivity contribution is -0.137. The molecule has 1 atom stereocenters. The molecule has 6 heteroatoms. The number of nitrogens with one attached hydrogen (secondary N) is 1. The second kappa shape index (κ2) is 6.50. The molecule has 0 aliphatic carbocycles. The van der Waals surface area contributed by atoms with E-state index in [0.29, 0.717) is 12.1 Å². The lowest BCUT2D eigenvalue weighted by Crippen LogP contribution is -2.21. The van der Waals surface area contributed by atoms with Gasteiger partial charge in [-0.1, -0.05) is 19.1 Å². The Morgan fingerprint density at radius 3 is 2.52 bits per heavy atom. The summed E-state index contributed by atoms with van der Waals surface area (Å²) in [6.07, 6.45) is -4.32. The van der Waals surface area contributed by atoms with Crippen molar-refractivity contribution in [3.8, 4) is 0 Å². The maximum absolute atomic E-state index is 12.9. The zero-order valence-corrected chi connectivity index (χ0v) is 14.0. The molecule has 0 saturated carbocycles. The predicted molar refractivity (Wildman–Crippen MR) is 83.7 cm³/mol. The molecular weight excluding hydrogens is 363 g/mol. The number of rotatable bonds is 4. The van der Waals surface area contributed by atoms with Crippen LogP contribution in [-0.4, -0.2) is 6.54 Å². The lowest BCUT2D eigenvalue weighted by atomic mass is 10.0. The van der Waals surface area contributed by atoms with Crippen molar-refractivity contribution in [1.82, 2.24) is 5.32 Å². The van der Waals surface area contributed by atoms with Crippen LogP contribution in [0.3, 0.4) is 0 Å². The van der Waals surface area contributed by atoms with Crippen molar-refractivity contribution in [2.75, 3.05) is 6.54 Å². The molecule has 1 aromatic heterocycles. The molecule has 0 aliphatic heterocycles. The minimum Gasteiger partial charge on any atom is -0.306 e. The summed E-state index contributed by atoms with van der Waals surface area (Å²) >= 11 is 5.01. The molecular formula is C15H15BrF3NS. The summed E-state index contributed by atoms with van der Waals surface area (Å²) in [6.45, 7) is 4.59. The summed E-state index contributed by atoms with van der Waals surface area (Å²) in [4.78, 5) is 1.00. The van der Waals surface area contributed by atoms with Gasteiger partial charge >= 0.3 is 6.18 Å². The van der Waals surface area contributed by atoms with Gasteiger partial charge in [0.25, 0.3) is 0 Å². The fourth-order valence-corrected chi connectivity index (χ4v) is 3.78. The zero-order valence-electron chi connectivity index (χ0n) is 11.6. The Bertz CT molecular complexity index is 602. The quantitative estimate of drug-likeness (QED) is 0.737. The van der Waals surface area contributed by atoms with Gasteiger partial charge in [0.05, 0.1) is 15.4 Å². The molecule has 1 nitrogen and oxygen atoms in total. The van der Waals surface area contributed by atoms with E-state index in [1.54, 1.807) is 17.4 Å². The second-order valence-corrected chi connectivity index (χ2v) is 7.12. The van der Waals surface area contributed by atoms with E-state index in [9.17, 15) is 13.2 Å². The van der Waals surface area contributed by atoms with Gasteiger partial charge in [0, 0.05) is 4.88 Å². The van der Waals surface area contributed by atoms with Crippen molar-refractivity contribution in [3.63, 3.8) is 0 Å². The normalized spacial score (nSPS) is 13.4. The minimum atomic E-state index is -4.32. The summed E-state index contributed by atoms with van der Waals surface area (Å²) in [5.41, 5.74) is 1.10. The van der Waals surface area contributed by atoms with Gasteiger partial charge in [0.2, 0.25) is 0 Å². The maximum Gasteiger partial charge on any atom is 0.416 e. The van der Waals surface area contributed by atoms with E-state index in [0.717, 1.165) is 20.3 Å². The van der Waals surface area contributed by atoms with Crippen LogP contribution in [0, 0.1) is 6.92 Å². The first-order valence-electron chi connectivity index (χ1n) is 6.49. The van der Waals surface area contributed by atoms with E-state index >= 15 is 0 Å². The first kappa shape index (κ1) is 16.5. The molecule has 114 valence electrons. The average molecular weight is 378 g/mol. The third kappa shape index (κ3) is 3.87. The molecule has 0 spiro atoms. The number of aryl methyl sites for hydroxylation is 1. The van der Waals surface area contributed by atoms with Crippen molar-refractivity contribution in [1.29, 1.82) is 0 Å². The average Bonchev–Trinajstić information content (AvgIpc) is 2.75. The summed E-state index contributed by atoms with van der Waals surface area (Å²) in [5, 5.41) is 3.26. The highest BCUT2D eigenvalue weighted by Crippen LogP contribution is 2.36. The van der Waals surface area contributed by atoms with Crippen molar-refractivity contribution in [3.05, 3.63) is 55.7 Å². The molecule has 1 unspecified atom stereocenters. The van der Waals surface area contributed by atoms with Crippen LogP contribution in [0.15, 0.2) is 34.1 Å². The summed E-state index contributed by atoms with van der Waals surface area (Å²) in [7, 11) is 0. The summed E-state index contributed by atoms with van der Waals surface area (Å²) in [6, 6.07) is 7.27. The Labute approximate surface area is 134 Å². The molecule has 2 rings (SSSR count). The fourth-order valence-electron chi connectivity index (χ4n) is 2.11. The minimum absolute atomic E-state index is 0.229. The van der Waals surface area contributed by atoms with Gasteiger partial charge < -0.3 is 5.32 Å². The first-order chi connectivity index (χ1) is 9.82. The highest BCUT2D eigenvalue weighted by atomic mass is 79.9. The van der Waals surface area contributed by atoms with Crippen LogP contribution in [-0.2, 0) is 6.18 Å². The number of thiophene rings is 1. The Morgan fingerprint density at radius 1 is 1.29 bits per heavy atom. The largest absolute Gasteiger partial charge is 0.416 e. The summed E-state index contributed by atoms with van der Waals surface area (Å²) < 4.78 is 39.6. The van der Waals surface area contributed by atoms with Gasteiger partial charge in [0.1, 0.15) is 0 Å². The van der Waals surface area contributed by atoms with Crippen LogP contribution >= 0.6 is 27.3 Å². The SMILES string of the molecule is CCNC(c1cccc(C(F)(F)F)c1)c1cc(C)c(Br)s1. The molecule has 0 saturated heterocycles. The predicted octanol–water partition coefficient (Wildman–Crippen LogP) is 5.54. The molecule has 2 aromatic rings. The Hall–Kier alpha value is -0.850. The smallest absolute Gasteiger partial charge is 0.306 e. The van der Waals surface area contributed by atoms with Crippen LogP contribution in [0.4, 0.5) is 13.2 Å². The molecule has 1 aromatic carbocycles. The number of alkyl halides is 3. The highest BCUT2D eigenvalue weighted by Gasteiger charge is 2.31. The Kier molecular flexibility index (Phi) is 5.11. The van der Waals surface area contributed by atoms with Gasteiger partial charge in [0.15, 0.2) is 0 Å². The number of benzene rings is 1. The van der Waals surface area contributed by atoms with Gasteiger partial charge in [-0.15, -0.1) is 11.3 Å². The van der Waals surface area contributed by atoms with E-state index in [-0.39, 0.29) is 6.04 Å². The van der Waals surface area contributed by atoms with Gasteiger partial charge in [-0.3, -0.25) is 0 Å². The lowest BCUT2D eigenvalue weighted by Gasteiger charge is -2.18. The molecule has 0 aliphatic rings. The van der Waals surface area contributed by atoms with Crippen molar-refractivity contribution in [2.24, 2.45) is 0 Å². The molecule has 1 N–H and O–H groups in total. The summed E-state index contributed by atoms with van der Waals surface area (Å²) in [5.74, 6) is 0. The van der Waals surface area contributed by atoms with E-state index < -0.39 is 11.7 Å². The zero-order chi connectivity index (χ0) is 15.6. The third-order valence-electron chi connectivity index (χ3n) is 3.12. The Morgan fingerprint density at radius 2 is 2.00 bits per heavy atom. The van der Waals surface area contributed by atoms with Crippen molar-refractivity contribution in [2.45, 2.75) is 26.1 Å². The van der Waals surface area contributed by atoms with Crippen LogP contribution < -0.4 is 5.32 Å². The van der Waals surface area contributed by atoms with Gasteiger partial charge in [-0.05, 0) is 58.7 Å². The molecule has 0 radical (unpaired) electrons. The van der Waals surface area contributed by atoms with E-state index in [4.69, 9.17) is 0 Å². The topological polar surface area (TPSA) is 12.0 Å². The molecule has 0 bridgehead atoms. The molecule has 0 amide bonds. The number of halogens is 4. The second-order valence-electron chi connectivity index (χ2n) is 4.72. The standard InChI is InChI=1S/C15H15BrF3NS/c1-3-20-13(12-7-9(2)14(16)21-12)10-5-4-6-11(8-10)15(17,18)19/h4-8,13,20H,3H2,1-2H3. The first-order valence-corrected chi connectivity index (χ1v) is 8.10. The van der Waals surface area contributed by atoms with E-state index in [2.05, 4.69) is 21.2 Å². The van der Waals surface area contributed by atoms with Crippen LogP contribution in [0.1, 0.15) is 34.5 Å². The molecule has 1 heterocycles. The van der Waals surface area contributed by atoms with Crippen molar-refractivity contribution < 1.29 is 13.2 Å². The number of hydrogen-bond donors (Lipinski definition) is 1. The van der Waals surface area contributed by atoms with Crippen LogP contribution in [0.2, 0.25) is 0 Å². The molecule has 21 heavy (non-hydrogen) atoms. The van der Waals surface area contributed by atoms with Crippen molar-refractivity contribution >= 4 is 27.3 Å². The monoisotopic (exact) mass is 377 g/mol.